The first-order valence-electron chi connectivity index (χ1n) is 6.76. The number of fused-ring (bicyclic) bond motifs is 2. The predicted molar refractivity (Wildman–Crippen MR) is 89.3 cm³/mol. The molecule has 1 aliphatic rings. The number of nitrogens with one attached hydrogen (secondary N) is 2. The Morgan fingerprint density at radius 1 is 1.14 bits per heavy atom. The zero-order chi connectivity index (χ0) is 14.7. The van der Waals surface area contributed by atoms with Crippen LogP contribution >= 0.6 is 15.9 Å². The van der Waals surface area contributed by atoms with Crippen molar-refractivity contribution in [1.29, 1.82) is 5.26 Å². The first-order valence-corrected chi connectivity index (χ1v) is 7.56. The number of benzene rings is 2. The van der Waals surface area contributed by atoms with Crippen molar-refractivity contribution in [2.24, 2.45) is 0 Å². The zero-order valence-electron chi connectivity index (χ0n) is 11.4. The van der Waals surface area contributed by atoms with Crippen LogP contribution in [0.2, 0.25) is 0 Å². The Morgan fingerprint density at radius 3 is 2.81 bits per heavy atom. The largest absolute Gasteiger partial charge is 0.384 e. The van der Waals surface area contributed by atoms with Crippen LogP contribution < -0.4 is 5.32 Å². The summed E-state index contributed by atoms with van der Waals surface area (Å²) in [4.78, 5) is 3.03. The molecule has 2 heterocycles. The predicted octanol–water partition coefficient (Wildman–Crippen LogP) is 4.46. The van der Waals surface area contributed by atoms with Crippen molar-refractivity contribution in [3.8, 4) is 6.07 Å². The molecule has 2 aromatic carbocycles. The van der Waals surface area contributed by atoms with Crippen LogP contribution in [0.1, 0.15) is 11.1 Å². The van der Waals surface area contributed by atoms with Crippen molar-refractivity contribution in [1.82, 2.24) is 4.98 Å². The van der Waals surface area contributed by atoms with Crippen molar-refractivity contribution < 1.29 is 0 Å². The molecule has 4 heteroatoms. The number of para-hydroxylation sites is 1. The summed E-state index contributed by atoms with van der Waals surface area (Å²) in [5.74, 6) is 0. The number of aromatic nitrogens is 1. The Kier molecular flexibility index (Phi) is 3.94. The molecular formula is C17H14BrN3. The second kappa shape index (κ2) is 6.02. The first-order chi connectivity index (χ1) is 10.3. The molecule has 3 aromatic rings. The molecule has 0 saturated heterocycles. The quantitative estimate of drug-likeness (QED) is 0.635. The number of anilines is 1. The normalized spacial score (nSPS) is 12.0. The lowest BCUT2D eigenvalue weighted by Crippen LogP contribution is -1.90. The fourth-order valence-electron chi connectivity index (χ4n) is 2.43. The molecule has 0 saturated carbocycles. The van der Waals surface area contributed by atoms with E-state index in [0.717, 1.165) is 21.9 Å². The fraction of sp³-hybridized carbons (Fsp3) is 0.118. The topological polar surface area (TPSA) is 51.6 Å². The van der Waals surface area contributed by atoms with E-state index in [1.54, 1.807) is 6.20 Å². The van der Waals surface area contributed by atoms with Gasteiger partial charge in [-0.05, 0) is 30.2 Å². The minimum Gasteiger partial charge on any atom is -0.384 e. The average molecular weight is 340 g/mol. The third kappa shape index (κ3) is 2.93. The highest BCUT2D eigenvalue weighted by Gasteiger charge is 2.06. The van der Waals surface area contributed by atoms with Crippen LogP contribution in [0.5, 0.6) is 0 Å². The molecular weight excluding hydrogens is 326 g/mol. The van der Waals surface area contributed by atoms with Crippen LogP contribution in [0.25, 0.3) is 10.9 Å². The highest BCUT2D eigenvalue weighted by atomic mass is 79.9. The van der Waals surface area contributed by atoms with Crippen LogP contribution in [0.15, 0.2) is 53.1 Å². The number of nitriles is 1. The lowest BCUT2D eigenvalue weighted by atomic mass is 10.2. The maximum absolute atomic E-state index is 8.71. The summed E-state index contributed by atoms with van der Waals surface area (Å²) >= 11 is 3.36. The number of nitrogens with zero attached hydrogens (tertiary/aromatic N) is 1. The molecule has 0 radical (unpaired) electrons. The van der Waals surface area contributed by atoms with Crippen LogP contribution in [0, 0.1) is 11.3 Å². The number of hydrogen-bond acceptors (Lipinski definition) is 2. The van der Waals surface area contributed by atoms with E-state index in [0.29, 0.717) is 5.56 Å². The molecule has 104 valence electrons. The van der Waals surface area contributed by atoms with Gasteiger partial charge in [0.2, 0.25) is 0 Å². The molecule has 2 N–H and O–H groups in total. The fourth-order valence-corrected chi connectivity index (χ4v) is 2.79. The molecule has 3 nitrogen and oxygen atoms in total. The molecule has 0 aliphatic carbocycles. The Hall–Kier alpha value is -2.25. The first kappa shape index (κ1) is 13.7. The van der Waals surface area contributed by atoms with E-state index in [1.165, 1.54) is 17.7 Å². The van der Waals surface area contributed by atoms with Crippen molar-refractivity contribution >= 4 is 32.5 Å². The van der Waals surface area contributed by atoms with Crippen LogP contribution in [-0.2, 0) is 6.42 Å². The molecule has 1 aliphatic heterocycles. The van der Waals surface area contributed by atoms with E-state index in [4.69, 9.17) is 5.26 Å². The van der Waals surface area contributed by atoms with Gasteiger partial charge in [-0.2, -0.15) is 5.26 Å². The summed E-state index contributed by atoms with van der Waals surface area (Å²) in [5.41, 5.74) is 4.45. The number of aromatic amines is 1. The molecule has 1 aromatic heterocycles. The van der Waals surface area contributed by atoms with Gasteiger partial charge in [-0.25, -0.2) is 0 Å². The molecule has 0 amide bonds. The summed E-state index contributed by atoms with van der Waals surface area (Å²) in [7, 11) is 0. The number of halogens is 1. The summed E-state index contributed by atoms with van der Waals surface area (Å²) in [5, 5.41) is 13.0. The molecule has 0 unspecified atom stereocenters. The molecule has 0 fully saturated rings. The van der Waals surface area contributed by atoms with Gasteiger partial charge in [0.15, 0.2) is 0 Å². The van der Waals surface area contributed by atoms with E-state index in [9.17, 15) is 0 Å². The van der Waals surface area contributed by atoms with Gasteiger partial charge in [0.1, 0.15) is 6.07 Å². The second-order valence-electron chi connectivity index (χ2n) is 4.84. The second-order valence-corrected chi connectivity index (χ2v) is 5.75. The Labute approximate surface area is 131 Å². The highest BCUT2D eigenvalue weighted by Crippen LogP contribution is 2.21. The molecule has 0 bridgehead atoms. The average Bonchev–Trinajstić information content (AvgIpc) is 3.13. The summed E-state index contributed by atoms with van der Waals surface area (Å²) < 4.78 is 1.02. The smallest absolute Gasteiger partial charge is 0.101 e. The third-order valence-corrected chi connectivity index (χ3v) is 3.98. The molecule has 0 atom stereocenters. The van der Waals surface area contributed by atoms with Crippen LogP contribution in [-0.4, -0.2) is 11.5 Å². The SMILES string of the molecule is N#Cc1c[nH]c2cc(Br)ccc12.c1ccc2c(c1)CCN2. The van der Waals surface area contributed by atoms with Crippen molar-refractivity contribution in [3.63, 3.8) is 0 Å². The maximum atomic E-state index is 8.71. The number of rotatable bonds is 0. The van der Waals surface area contributed by atoms with Crippen molar-refractivity contribution in [2.45, 2.75) is 6.42 Å². The Balaban J connectivity index is 0.000000131. The van der Waals surface area contributed by atoms with Crippen molar-refractivity contribution in [2.75, 3.05) is 11.9 Å². The number of H-pyrrole nitrogens is 1. The van der Waals surface area contributed by atoms with Gasteiger partial charge in [0, 0.05) is 33.8 Å². The minimum atomic E-state index is 0.692. The summed E-state index contributed by atoms with van der Waals surface area (Å²) in [6.07, 6.45) is 2.91. The van der Waals surface area contributed by atoms with Gasteiger partial charge in [-0.3, -0.25) is 0 Å². The van der Waals surface area contributed by atoms with Gasteiger partial charge < -0.3 is 10.3 Å². The molecule has 21 heavy (non-hydrogen) atoms. The van der Waals surface area contributed by atoms with Crippen LogP contribution in [0.3, 0.4) is 0 Å². The van der Waals surface area contributed by atoms with E-state index in [2.05, 4.69) is 56.6 Å². The van der Waals surface area contributed by atoms with E-state index >= 15 is 0 Å². The van der Waals surface area contributed by atoms with Gasteiger partial charge in [-0.1, -0.05) is 40.2 Å². The molecule has 0 spiro atoms. The molecule has 4 rings (SSSR count). The Morgan fingerprint density at radius 2 is 2.00 bits per heavy atom. The van der Waals surface area contributed by atoms with Gasteiger partial charge >= 0.3 is 0 Å². The van der Waals surface area contributed by atoms with E-state index < -0.39 is 0 Å². The third-order valence-electron chi connectivity index (χ3n) is 3.49. The maximum Gasteiger partial charge on any atom is 0.101 e. The van der Waals surface area contributed by atoms with Crippen LogP contribution in [0.4, 0.5) is 5.69 Å². The van der Waals surface area contributed by atoms with E-state index in [1.807, 2.05) is 18.2 Å². The lowest BCUT2D eigenvalue weighted by molar-refractivity contribution is 1.11. The van der Waals surface area contributed by atoms with E-state index in [-0.39, 0.29) is 0 Å². The number of hydrogen-bond donors (Lipinski definition) is 2. The monoisotopic (exact) mass is 339 g/mol. The summed E-state index contributed by atoms with van der Waals surface area (Å²) in [6, 6.07) is 16.4. The Bertz CT molecular complexity index is 791. The van der Waals surface area contributed by atoms with Gasteiger partial charge in [0.25, 0.3) is 0 Å². The zero-order valence-corrected chi connectivity index (χ0v) is 12.9. The minimum absolute atomic E-state index is 0.692. The van der Waals surface area contributed by atoms with Crippen molar-refractivity contribution in [3.05, 3.63) is 64.3 Å². The standard InChI is InChI=1S/C9H5BrN2.C8H9N/c10-7-1-2-8-6(4-11)5-12-9(8)3-7;1-2-4-8-7(3-1)5-6-9-8/h1-3,5,12H;1-4,9H,5-6H2. The van der Waals surface area contributed by atoms with Gasteiger partial charge in [0.05, 0.1) is 5.56 Å². The summed E-state index contributed by atoms with van der Waals surface area (Å²) in [6.45, 7) is 1.11. The lowest BCUT2D eigenvalue weighted by Gasteiger charge is -1.94. The highest BCUT2D eigenvalue weighted by molar-refractivity contribution is 9.10. The van der Waals surface area contributed by atoms with Gasteiger partial charge in [-0.15, -0.1) is 0 Å².